The molecule has 0 aromatic rings. The first kappa shape index (κ1) is 19.7. The molecule has 0 aliphatic carbocycles. The van der Waals surface area contributed by atoms with Gasteiger partial charge in [0.05, 0.1) is 6.42 Å². The minimum absolute atomic E-state index is 0.0378. The standard InChI is InChI=1S/C15H31N3O3/c1-11(7-8-18(5)6)16-14(21)17-12(9-13(19)20)10-15(2,3)4/h11-12H,7-10H2,1-6H3,(H,19,20)(H2,16,17,21). The van der Waals surface area contributed by atoms with Gasteiger partial charge in [-0.3, -0.25) is 4.79 Å². The lowest BCUT2D eigenvalue weighted by atomic mass is 9.87. The highest BCUT2D eigenvalue weighted by Gasteiger charge is 2.23. The normalized spacial score (nSPS) is 14.6. The molecule has 0 radical (unpaired) electrons. The molecule has 0 aromatic carbocycles. The van der Waals surface area contributed by atoms with Crippen molar-refractivity contribution in [2.45, 2.75) is 59.0 Å². The molecule has 3 N–H and O–H groups in total. The first-order valence-corrected chi connectivity index (χ1v) is 7.43. The van der Waals surface area contributed by atoms with E-state index in [-0.39, 0.29) is 30.0 Å². The molecular weight excluding hydrogens is 270 g/mol. The Bertz CT molecular complexity index is 338. The zero-order chi connectivity index (χ0) is 16.6. The number of amides is 2. The van der Waals surface area contributed by atoms with Crippen LogP contribution in [0.3, 0.4) is 0 Å². The van der Waals surface area contributed by atoms with Crippen LogP contribution in [0.4, 0.5) is 4.79 Å². The van der Waals surface area contributed by atoms with Gasteiger partial charge < -0.3 is 20.6 Å². The number of carbonyl (C=O) groups excluding carboxylic acids is 1. The van der Waals surface area contributed by atoms with Crippen molar-refractivity contribution in [3.63, 3.8) is 0 Å². The summed E-state index contributed by atoms with van der Waals surface area (Å²) in [4.78, 5) is 24.9. The summed E-state index contributed by atoms with van der Waals surface area (Å²) in [6.45, 7) is 8.92. The molecule has 0 heterocycles. The van der Waals surface area contributed by atoms with E-state index in [4.69, 9.17) is 5.11 Å². The maximum Gasteiger partial charge on any atom is 0.315 e. The Labute approximate surface area is 128 Å². The largest absolute Gasteiger partial charge is 0.481 e. The number of carboxylic acids is 1. The second kappa shape index (κ2) is 8.87. The Morgan fingerprint density at radius 3 is 2.19 bits per heavy atom. The Morgan fingerprint density at radius 2 is 1.76 bits per heavy atom. The van der Waals surface area contributed by atoms with Crippen LogP contribution in [0.1, 0.15) is 47.0 Å². The lowest BCUT2D eigenvalue weighted by molar-refractivity contribution is -0.137. The molecule has 124 valence electrons. The minimum Gasteiger partial charge on any atom is -0.481 e. The Kier molecular flexibility index (Phi) is 8.32. The molecule has 0 fully saturated rings. The second-order valence-corrected chi connectivity index (χ2v) is 7.17. The van der Waals surface area contributed by atoms with Crippen LogP contribution in [0, 0.1) is 5.41 Å². The average Bonchev–Trinajstić information content (AvgIpc) is 2.22. The minimum atomic E-state index is -0.898. The maximum atomic E-state index is 11.9. The number of nitrogens with one attached hydrogen (secondary N) is 2. The molecule has 2 atom stereocenters. The fourth-order valence-electron chi connectivity index (χ4n) is 2.10. The smallest absolute Gasteiger partial charge is 0.315 e. The predicted molar refractivity (Wildman–Crippen MR) is 84.4 cm³/mol. The van der Waals surface area contributed by atoms with Crippen LogP contribution < -0.4 is 10.6 Å². The number of aliphatic carboxylic acids is 1. The van der Waals surface area contributed by atoms with Crippen molar-refractivity contribution >= 4 is 12.0 Å². The second-order valence-electron chi connectivity index (χ2n) is 7.17. The van der Waals surface area contributed by atoms with Gasteiger partial charge in [0.25, 0.3) is 0 Å². The number of nitrogens with zero attached hydrogens (tertiary/aromatic N) is 1. The number of rotatable bonds is 8. The van der Waals surface area contributed by atoms with Gasteiger partial charge in [-0.15, -0.1) is 0 Å². The van der Waals surface area contributed by atoms with E-state index in [1.165, 1.54) is 0 Å². The first-order chi connectivity index (χ1) is 9.49. The summed E-state index contributed by atoms with van der Waals surface area (Å²) in [5.41, 5.74) is -0.0378. The van der Waals surface area contributed by atoms with Crippen molar-refractivity contribution < 1.29 is 14.7 Å². The van der Waals surface area contributed by atoms with Crippen molar-refractivity contribution in [2.24, 2.45) is 5.41 Å². The molecule has 0 aromatic heterocycles. The summed E-state index contributed by atoms with van der Waals surface area (Å²) in [7, 11) is 3.97. The SMILES string of the molecule is CC(CCN(C)C)NC(=O)NC(CC(=O)O)CC(C)(C)C. The molecule has 0 spiro atoms. The van der Waals surface area contributed by atoms with Crippen LogP contribution in [0.25, 0.3) is 0 Å². The third kappa shape index (κ3) is 12.2. The van der Waals surface area contributed by atoms with Crippen LogP contribution in [0.5, 0.6) is 0 Å². The van der Waals surface area contributed by atoms with E-state index in [9.17, 15) is 9.59 Å². The lowest BCUT2D eigenvalue weighted by Crippen LogP contribution is -2.47. The van der Waals surface area contributed by atoms with Crippen LogP contribution >= 0.6 is 0 Å². The van der Waals surface area contributed by atoms with Gasteiger partial charge in [0.15, 0.2) is 0 Å². The number of carbonyl (C=O) groups is 2. The molecule has 0 rings (SSSR count). The molecule has 0 bridgehead atoms. The van der Waals surface area contributed by atoms with E-state index < -0.39 is 5.97 Å². The van der Waals surface area contributed by atoms with E-state index in [1.54, 1.807) is 0 Å². The van der Waals surface area contributed by atoms with Crippen molar-refractivity contribution in [3.05, 3.63) is 0 Å². The lowest BCUT2D eigenvalue weighted by Gasteiger charge is -2.26. The first-order valence-electron chi connectivity index (χ1n) is 7.43. The van der Waals surface area contributed by atoms with E-state index in [0.717, 1.165) is 13.0 Å². The van der Waals surface area contributed by atoms with E-state index in [2.05, 4.69) is 15.5 Å². The highest BCUT2D eigenvalue weighted by atomic mass is 16.4. The fourth-order valence-corrected chi connectivity index (χ4v) is 2.10. The van der Waals surface area contributed by atoms with E-state index in [0.29, 0.717) is 6.42 Å². The zero-order valence-corrected chi connectivity index (χ0v) is 14.2. The van der Waals surface area contributed by atoms with Gasteiger partial charge in [-0.25, -0.2) is 4.79 Å². The monoisotopic (exact) mass is 301 g/mol. The third-order valence-electron chi connectivity index (χ3n) is 3.00. The number of urea groups is 1. The molecule has 2 amide bonds. The highest BCUT2D eigenvalue weighted by molar-refractivity contribution is 5.76. The van der Waals surface area contributed by atoms with Crippen LogP contribution in [-0.2, 0) is 4.79 Å². The molecule has 0 saturated carbocycles. The maximum absolute atomic E-state index is 11.9. The predicted octanol–water partition coefficient (Wildman–Crippen LogP) is 1.91. The molecular formula is C15H31N3O3. The Balaban J connectivity index is 4.35. The number of carboxylic acid groups (broad SMARTS) is 1. The summed E-state index contributed by atoms with van der Waals surface area (Å²) in [6.07, 6.45) is 1.42. The van der Waals surface area contributed by atoms with Crippen molar-refractivity contribution in [1.29, 1.82) is 0 Å². The summed E-state index contributed by atoms with van der Waals surface area (Å²) in [6, 6.07) is -0.604. The number of hydrogen-bond donors (Lipinski definition) is 3. The van der Waals surface area contributed by atoms with E-state index in [1.807, 2.05) is 41.8 Å². The van der Waals surface area contributed by atoms with E-state index >= 15 is 0 Å². The molecule has 0 aliphatic heterocycles. The van der Waals surface area contributed by atoms with Crippen LogP contribution in [-0.4, -0.2) is 54.7 Å². The zero-order valence-electron chi connectivity index (χ0n) is 14.2. The molecule has 21 heavy (non-hydrogen) atoms. The summed E-state index contributed by atoms with van der Waals surface area (Å²) in [5, 5.41) is 14.6. The topological polar surface area (TPSA) is 81.7 Å². The van der Waals surface area contributed by atoms with Gasteiger partial charge in [-0.2, -0.15) is 0 Å². The van der Waals surface area contributed by atoms with Gasteiger partial charge in [0.2, 0.25) is 0 Å². The molecule has 0 saturated heterocycles. The van der Waals surface area contributed by atoms with Gasteiger partial charge in [0, 0.05) is 12.1 Å². The van der Waals surface area contributed by atoms with Gasteiger partial charge in [-0.1, -0.05) is 20.8 Å². The molecule has 6 nitrogen and oxygen atoms in total. The summed E-state index contributed by atoms with van der Waals surface area (Å²) < 4.78 is 0. The van der Waals surface area contributed by atoms with Crippen molar-refractivity contribution in [1.82, 2.24) is 15.5 Å². The quantitative estimate of drug-likeness (QED) is 0.639. The summed E-state index contributed by atoms with van der Waals surface area (Å²) in [5.74, 6) is -0.898. The Hall–Kier alpha value is -1.30. The number of hydrogen-bond acceptors (Lipinski definition) is 3. The summed E-state index contributed by atoms with van der Waals surface area (Å²) >= 11 is 0. The van der Waals surface area contributed by atoms with Gasteiger partial charge in [0.1, 0.15) is 0 Å². The van der Waals surface area contributed by atoms with Crippen molar-refractivity contribution in [2.75, 3.05) is 20.6 Å². The molecule has 0 aliphatic rings. The van der Waals surface area contributed by atoms with Crippen LogP contribution in [0.15, 0.2) is 0 Å². The molecule has 6 heteroatoms. The Morgan fingerprint density at radius 1 is 1.19 bits per heavy atom. The highest BCUT2D eigenvalue weighted by Crippen LogP contribution is 2.22. The molecule has 2 unspecified atom stereocenters. The van der Waals surface area contributed by atoms with Crippen LogP contribution in [0.2, 0.25) is 0 Å². The third-order valence-corrected chi connectivity index (χ3v) is 3.00. The van der Waals surface area contributed by atoms with Gasteiger partial charge >= 0.3 is 12.0 Å². The van der Waals surface area contributed by atoms with Gasteiger partial charge in [-0.05, 0) is 45.8 Å². The van der Waals surface area contributed by atoms with Crippen molar-refractivity contribution in [3.8, 4) is 0 Å². The average molecular weight is 301 g/mol. The fraction of sp³-hybridized carbons (Fsp3) is 0.867.